The number of aromatic nitrogens is 3. The summed E-state index contributed by atoms with van der Waals surface area (Å²) in [4.78, 5) is 20.2. The molecule has 0 spiro atoms. The average Bonchev–Trinajstić information content (AvgIpc) is 3.29. The third-order valence-electron chi connectivity index (χ3n) is 4.56. The maximum absolute atomic E-state index is 12.8. The van der Waals surface area contributed by atoms with Crippen LogP contribution >= 0.6 is 11.3 Å². The molecule has 0 saturated heterocycles. The van der Waals surface area contributed by atoms with Gasteiger partial charge >= 0.3 is 0 Å². The Hall–Kier alpha value is -2.67. The minimum Gasteiger partial charge on any atom is -0.370 e. The van der Waals surface area contributed by atoms with Crippen LogP contribution < -0.4 is 5.32 Å². The summed E-state index contributed by atoms with van der Waals surface area (Å²) in [7, 11) is 0. The van der Waals surface area contributed by atoms with E-state index >= 15 is 0 Å². The van der Waals surface area contributed by atoms with Crippen LogP contribution in [0.4, 0.5) is 5.82 Å². The first kappa shape index (κ1) is 16.8. The molecule has 1 aliphatic rings. The molecule has 6 nitrogen and oxygen atoms in total. The molecule has 7 heteroatoms. The van der Waals surface area contributed by atoms with Crippen LogP contribution in [-0.2, 0) is 24.3 Å². The zero-order valence-electron chi connectivity index (χ0n) is 14.4. The van der Waals surface area contributed by atoms with Crippen molar-refractivity contribution in [3.05, 3.63) is 64.7 Å². The van der Waals surface area contributed by atoms with E-state index in [0.29, 0.717) is 19.5 Å². The molecule has 1 atom stereocenters. The van der Waals surface area contributed by atoms with E-state index < -0.39 is 0 Å². The zero-order chi connectivity index (χ0) is 17.8. The van der Waals surface area contributed by atoms with Crippen molar-refractivity contribution in [3.8, 4) is 0 Å². The molecule has 0 bridgehead atoms. The van der Waals surface area contributed by atoms with Crippen molar-refractivity contribution in [2.75, 3.05) is 18.4 Å². The SMILES string of the molecule is O=C(Cc1cccs1)N1Cc2ccnn2CC(CNc2ccccn2)C1. The molecule has 1 N–H and O–H groups in total. The number of amides is 1. The number of hydrogen-bond donors (Lipinski definition) is 1. The van der Waals surface area contributed by atoms with Crippen molar-refractivity contribution in [2.24, 2.45) is 5.92 Å². The van der Waals surface area contributed by atoms with Crippen molar-refractivity contribution in [2.45, 2.75) is 19.5 Å². The van der Waals surface area contributed by atoms with Gasteiger partial charge in [0.2, 0.25) is 5.91 Å². The Morgan fingerprint density at radius 3 is 2.96 bits per heavy atom. The summed E-state index contributed by atoms with van der Waals surface area (Å²) in [6.07, 6.45) is 4.05. The highest BCUT2D eigenvalue weighted by Crippen LogP contribution is 2.19. The van der Waals surface area contributed by atoms with Crippen LogP contribution in [0.1, 0.15) is 10.6 Å². The molecular weight excluding hydrogens is 346 g/mol. The Labute approximate surface area is 156 Å². The van der Waals surface area contributed by atoms with Gasteiger partial charge in [-0.3, -0.25) is 9.48 Å². The number of hydrogen-bond acceptors (Lipinski definition) is 5. The van der Waals surface area contributed by atoms with Crippen LogP contribution in [0.3, 0.4) is 0 Å². The minimum absolute atomic E-state index is 0.171. The van der Waals surface area contributed by atoms with Crippen molar-refractivity contribution in [3.63, 3.8) is 0 Å². The van der Waals surface area contributed by atoms with Gasteiger partial charge in [-0.2, -0.15) is 5.10 Å². The Bertz CT molecular complexity index is 846. The van der Waals surface area contributed by atoms with Crippen LogP contribution in [0.15, 0.2) is 54.2 Å². The molecule has 0 aromatic carbocycles. The third-order valence-corrected chi connectivity index (χ3v) is 5.44. The lowest BCUT2D eigenvalue weighted by molar-refractivity contribution is -0.131. The Kier molecular flexibility index (Phi) is 4.97. The van der Waals surface area contributed by atoms with Gasteiger partial charge in [0, 0.05) is 42.8 Å². The topological polar surface area (TPSA) is 63.1 Å². The maximum Gasteiger partial charge on any atom is 0.228 e. The monoisotopic (exact) mass is 367 g/mol. The van der Waals surface area contributed by atoms with Crippen LogP contribution in [0.2, 0.25) is 0 Å². The fraction of sp³-hybridized carbons (Fsp3) is 0.316. The van der Waals surface area contributed by atoms with E-state index in [1.165, 1.54) is 0 Å². The van der Waals surface area contributed by atoms with Gasteiger partial charge in [-0.15, -0.1) is 11.3 Å². The maximum atomic E-state index is 12.8. The number of fused-ring (bicyclic) bond motifs is 1. The standard InChI is InChI=1S/C19H21N5OS/c25-19(10-17-4-3-9-26-17)23-12-15(11-21-18-5-1-2-7-20-18)13-24-16(14-23)6-8-22-24/h1-9,15H,10-14H2,(H,20,21). The lowest BCUT2D eigenvalue weighted by Crippen LogP contribution is -2.36. The first-order chi connectivity index (χ1) is 12.8. The largest absolute Gasteiger partial charge is 0.370 e. The van der Waals surface area contributed by atoms with Crippen molar-refractivity contribution < 1.29 is 4.79 Å². The highest BCUT2D eigenvalue weighted by atomic mass is 32.1. The number of rotatable bonds is 5. The summed E-state index contributed by atoms with van der Waals surface area (Å²) in [5.41, 5.74) is 1.09. The van der Waals surface area contributed by atoms with Gasteiger partial charge in [-0.25, -0.2) is 4.98 Å². The van der Waals surface area contributed by atoms with Crippen LogP contribution in [-0.4, -0.2) is 38.7 Å². The van der Waals surface area contributed by atoms with E-state index in [1.54, 1.807) is 17.5 Å². The van der Waals surface area contributed by atoms with Crippen LogP contribution in [0, 0.1) is 5.92 Å². The Balaban J connectivity index is 1.47. The number of carbonyl (C=O) groups excluding carboxylic acids is 1. The van der Waals surface area contributed by atoms with E-state index in [9.17, 15) is 4.79 Å². The molecule has 26 heavy (non-hydrogen) atoms. The van der Waals surface area contributed by atoms with Crippen molar-refractivity contribution >= 4 is 23.1 Å². The van der Waals surface area contributed by atoms with Gasteiger partial charge in [0.15, 0.2) is 0 Å². The highest BCUT2D eigenvalue weighted by Gasteiger charge is 2.25. The van der Waals surface area contributed by atoms with Crippen molar-refractivity contribution in [1.29, 1.82) is 0 Å². The van der Waals surface area contributed by atoms with Crippen LogP contribution in [0.5, 0.6) is 0 Å². The zero-order valence-corrected chi connectivity index (χ0v) is 15.2. The number of anilines is 1. The Morgan fingerprint density at radius 2 is 2.15 bits per heavy atom. The molecule has 1 amide bonds. The Morgan fingerprint density at radius 1 is 1.19 bits per heavy atom. The fourth-order valence-corrected chi connectivity index (χ4v) is 3.94. The number of nitrogens with zero attached hydrogens (tertiary/aromatic N) is 4. The first-order valence-corrected chi connectivity index (χ1v) is 9.61. The smallest absolute Gasteiger partial charge is 0.228 e. The number of nitrogens with one attached hydrogen (secondary N) is 1. The number of pyridine rings is 1. The van der Waals surface area contributed by atoms with E-state index in [0.717, 1.165) is 29.5 Å². The predicted octanol–water partition coefficient (Wildman–Crippen LogP) is 2.65. The molecule has 3 aromatic heterocycles. The summed E-state index contributed by atoms with van der Waals surface area (Å²) < 4.78 is 2.02. The number of thiophene rings is 1. The van der Waals surface area contributed by atoms with E-state index in [1.807, 2.05) is 57.6 Å². The molecule has 1 unspecified atom stereocenters. The van der Waals surface area contributed by atoms with Crippen LogP contribution in [0.25, 0.3) is 0 Å². The average molecular weight is 367 g/mol. The molecule has 0 aliphatic carbocycles. The lowest BCUT2D eigenvalue weighted by atomic mass is 10.1. The van der Waals surface area contributed by atoms with E-state index in [2.05, 4.69) is 15.4 Å². The normalized spacial score (nSPS) is 16.8. The van der Waals surface area contributed by atoms with Gasteiger partial charge in [-0.05, 0) is 29.6 Å². The minimum atomic E-state index is 0.171. The van der Waals surface area contributed by atoms with E-state index in [-0.39, 0.29) is 11.8 Å². The molecule has 0 fully saturated rings. The summed E-state index contributed by atoms with van der Waals surface area (Å²) >= 11 is 1.63. The fourth-order valence-electron chi connectivity index (χ4n) is 3.24. The molecule has 134 valence electrons. The first-order valence-electron chi connectivity index (χ1n) is 8.73. The van der Waals surface area contributed by atoms with Crippen molar-refractivity contribution in [1.82, 2.24) is 19.7 Å². The van der Waals surface area contributed by atoms with Gasteiger partial charge in [0.1, 0.15) is 5.82 Å². The number of carbonyl (C=O) groups is 1. The molecule has 0 radical (unpaired) electrons. The molecule has 4 rings (SSSR count). The summed E-state index contributed by atoms with van der Waals surface area (Å²) in [5, 5.41) is 9.82. The second-order valence-corrected chi connectivity index (χ2v) is 7.53. The summed E-state index contributed by atoms with van der Waals surface area (Å²) in [5.74, 6) is 1.30. The van der Waals surface area contributed by atoms with Gasteiger partial charge in [0.25, 0.3) is 0 Å². The lowest BCUT2D eigenvalue weighted by Gasteiger charge is -2.24. The molecule has 4 heterocycles. The molecule has 3 aromatic rings. The van der Waals surface area contributed by atoms with Gasteiger partial charge in [-0.1, -0.05) is 12.1 Å². The summed E-state index contributed by atoms with van der Waals surface area (Å²) in [6, 6.07) is 11.8. The molecule has 1 aliphatic heterocycles. The predicted molar refractivity (Wildman–Crippen MR) is 102 cm³/mol. The van der Waals surface area contributed by atoms with Gasteiger partial charge in [0.05, 0.1) is 18.7 Å². The van der Waals surface area contributed by atoms with Gasteiger partial charge < -0.3 is 10.2 Å². The molecular formula is C19H21N5OS. The van der Waals surface area contributed by atoms with E-state index in [4.69, 9.17) is 0 Å². The molecule has 0 saturated carbocycles. The highest BCUT2D eigenvalue weighted by molar-refractivity contribution is 7.10. The quantitative estimate of drug-likeness (QED) is 0.753. The third kappa shape index (κ3) is 3.94. The second-order valence-electron chi connectivity index (χ2n) is 6.50. The summed E-state index contributed by atoms with van der Waals surface area (Å²) in [6.45, 7) is 2.88. The second kappa shape index (κ2) is 7.70.